The number of benzene rings is 1. The van der Waals surface area contributed by atoms with Gasteiger partial charge < -0.3 is 14.6 Å². The number of hydrogen-bond donors (Lipinski definition) is 1. The highest BCUT2D eigenvalue weighted by Gasteiger charge is 2.03. The zero-order chi connectivity index (χ0) is 11.3. The van der Waals surface area contributed by atoms with E-state index in [4.69, 9.17) is 14.6 Å². The third-order valence-electron chi connectivity index (χ3n) is 1.77. The van der Waals surface area contributed by atoms with Crippen molar-refractivity contribution in [1.82, 2.24) is 0 Å². The fraction of sp³-hybridized carbons (Fsp3) is 0.182. The Morgan fingerprint density at radius 2 is 1.93 bits per heavy atom. The second-order valence-electron chi connectivity index (χ2n) is 2.87. The number of para-hydroxylation sites is 2. The van der Waals surface area contributed by atoms with Crippen LogP contribution in [0.1, 0.15) is 6.92 Å². The number of aliphatic carboxylic acids is 1. The molecule has 0 atom stereocenters. The van der Waals surface area contributed by atoms with Gasteiger partial charge in [0.1, 0.15) is 6.26 Å². The highest BCUT2D eigenvalue weighted by molar-refractivity contribution is 5.85. The Bertz CT molecular complexity index is 382. The molecule has 0 unspecified atom stereocenters. The van der Waals surface area contributed by atoms with Crippen molar-refractivity contribution in [3.8, 4) is 11.5 Å². The van der Waals surface area contributed by atoms with Gasteiger partial charge in [0.15, 0.2) is 11.5 Å². The summed E-state index contributed by atoms with van der Waals surface area (Å²) in [4.78, 5) is 10.5. The van der Waals surface area contributed by atoms with Crippen LogP contribution < -0.4 is 9.47 Å². The highest BCUT2D eigenvalue weighted by Crippen LogP contribution is 2.26. The topological polar surface area (TPSA) is 55.8 Å². The van der Waals surface area contributed by atoms with Crippen LogP contribution in [0.25, 0.3) is 0 Å². The molecule has 0 aliphatic heterocycles. The number of carboxylic acids is 1. The fourth-order valence-electron chi connectivity index (χ4n) is 0.918. The van der Waals surface area contributed by atoms with Crippen molar-refractivity contribution in [3.05, 3.63) is 36.1 Å². The molecule has 0 spiro atoms. The number of methoxy groups -OCH3 is 1. The summed E-state index contributed by atoms with van der Waals surface area (Å²) in [5.74, 6) is 0.0393. The molecule has 0 aromatic heterocycles. The molecule has 0 saturated heterocycles. The number of carbonyl (C=O) groups is 1. The van der Waals surface area contributed by atoms with Crippen LogP contribution in [0.15, 0.2) is 36.1 Å². The van der Waals surface area contributed by atoms with E-state index in [1.165, 1.54) is 20.3 Å². The lowest BCUT2D eigenvalue weighted by atomic mass is 10.3. The molecule has 80 valence electrons. The average molecular weight is 208 g/mol. The lowest BCUT2D eigenvalue weighted by molar-refractivity contribution is -0.132. The van der Waals surface area contributed by atoms with Gasteiger partial charge in [-0.2, -0.15) is 0 Å². The number of ether oxygens (including phenoxy) is 2. The molecule has 0 fully saturated rings. The SMILES string of the molecule is COc1ccccc1O/C=C(\C)C(=O)O. The Morgan fingerprint density at radius 3 is 2.47 bits per heavy atom. The maximum atomic E-state index is 10.5. The normalized spacial score (nSPS) is 10.9. The van der Waals surface area contributed by atoms with Crippen molar-refractivity contribution in [2.75, 3.05) is 7.11 Å². The van der Waals surface area contributed by atoms with E-state index < -0.39 is 5.97 Å². The summed E-state index contributed by atoms with van der Waals surface area (Å²) in [7, 11) is 1.52. The molecule has 0 saturated carbocycles. The Labute approximate surface area is 87.7 Å². The standard InChI is InChI=1S/C11H12O4/c1-8(11(12)13)7-15-10-6-4-3-5-9(10)14-2/h3-7H,1-2H3,(H,12,13)/b8-7+. The van der Waals surface area contributed by atoms with Crippen LogP contribution in [-0.2, 0) is 4.79 Å². The molecule has 0 aliphatic rings. The summed E-state index contributed by atoms with van der Waals surface area (Å²) < 4.78 is 10.2. The highest BCUT2D eigenvalue weighted by atomic mass is 16.5. The van der Waals surface area contributed by atoms with Crippen molar-refractivity contribution in [2.24, 2.45) is 0 Å². The minimum Gasteiger partial charge on any atom is -0.493 e. The second kappa shape index (κ2) is 5.05. The van der Waals surface area contributed by atoms with Gasteiger partial charge in [-0.05, 0) is 19.1 Å². The van der Waals surface area contributed by atoms with Crippen LogP contribution in [0.3, 0.4) is 0 Å². The Morgan fingerprint density at radius 1 is 1.33 bits per heavy atom. The molecule has 1 rings (SSSR count). The van der Waals surface area contributed by atoms with Gasteiger partial charge in [0, 0.05) is 0 Å². The van der Waals surface area contributed by atoms with Crippen molar-refractivity contribution >= 4 is 5.97 Å². The summed E-state index contributed by atoms with van der Waals surface area (Å²) in [5.41, 5.74) is 0.126. The molecular formula is C11H12O4. The van der Waals surface area contributed by atoms with Gasteiger partial charge in [-0.15, -0.1) is 0 Å². The first kappa shape index (κ1) is 11.1. The first-order valence-electron chi connectivity index (χ1n) is 4.35. The van der Waals surface area contributed by atoms with Gasteiger partial charge in [0.05, 0.1) is 12.7 Å². The molecule has 4 nitrogen and oxygen atoms in total. The van der Waals surface area contributed by atoms with E-state index in [1.54, 1.807) is 24.3 Å². The van der Waals surface area contributed by atoms with E-state index in [2.05, 4.69) is 0 Å². The van der Waals surface area contributed by atoms with Gasteiger partial charge in [0.2, 0.25) is 0 Å². The molecule has 0 heterocycles. The monoisotopic (exact) mass is 208 g/mol. The summed E-state index contributed by atoms with van der Waals surface area (Å²) in [5, 5.41) is 8.61. The largest absolute Gasteiger partial charge is 0.493 e. The van der Waals surface area contributed by atoms with Crippen LogP contribution in [0.2, 0.25) is 0 Å². The number of carboxylic acid groups (broad SMARTS) is 1. The third kappa shape index (κ3) is 3.02. The van der Waals surface area contributed by atoms with Gasteiger partial charge in [-0.3, -0.25) is 0 Å². The molecule has 0 bridgehead atoms. The van der Waals surface area contributed by atoms with E-state index in [0.717, 1.165) is 0 Å². The van der Waals surface area contributed by atoms with Crippen molar-refractivity contribution in [3.63, 3.8) is 0 Å². The maximum absolute atomic E-state index is 10.5. The predicted octanol–water partition coefficient (Wildman–Crippen LogP) is 2.06. The Hall–Kier alpha value is -1.97. The molecule has 0 amide bonds. The molecular weight excluding hydrogens is 196 g/mol. The van der Waals surface area contributed by atoms with Gasteiger partial charge in [-0.25, -0.2) is 4.79 Å². The quantitative estimate of drug-likeness (QED) is 0.607. The maximum Gasteiger partial charge on any atom is 0.334 e. The van der Waals surface area contributed by atoms with Crippen LogP contribution >= 0.6 is 0 Å². The molecule has 0 radical (unpaired) electrons. The zero-order valence-corrected chi connectivity index (χ0v) is 8.56. The lowest BCUT2D eigenvalue weighted by Crippen LogP contribution is -1.98. The molecule has 1 aromatic rings. The van der Waals surface area contributed by atoms with E-state index in [9.17, 15) is 4.79 Å². The van der Waals surface area contributed by atoms with E-state index >= 15 is 0 Å². The average Bonchev–Trinajstić information content (AvgIpc) is 2.26. The van der Waals surface area contributed by atoms with Crippen LogP contribution in [0.4, 0.5) is 0 Å². The number of rotatable bonds is 4. The molecule has 1 N–H and O–H groups in total. The van der Waals surface area contributed by atoms with Crippen molar-refractivity contribution < 1.29 is 19.4 Å². The van der Waals surface area contributed by atoms with Gasteiger partial charge >= 0.3 is 5.97 Å². The predicted molar refractivity (Wildman–Crippen MR) is 55.0 cm³/mol. The molecule has 1 aromatic carbocycles. The summed E-state index contributed by atoms with van der Waals surface area (Å²) >= 11 is 0. The Balaban J connectivity index is 2.81. The van der Waals surface area contributed by atoms with E-state index in [1.807, 2.05) is 0 Å². The fourth-order valence-corrected chi connectivity index (χ4v) is 0.918. The third-order valence-corrected chi connectivity index (χ3v) is 1.77. The minimum absolute atomic E-state index is 0.126. The second-order valence-corrected chi connectivity index (χ2v) is 2.87. The summed E-state index contributed by atoms with van der Waals surface area (Å²) in [6, 6.07) is 7.02. The smallest absolute Gasteiger partial charge is 0.334 e. The van der Waals surface area contributed by atoms with Gasteiger partial charge in [-0.1, -0.05) is 12.1 Å². The minimum atomic E-state index is -1.01. The summed E-state index contributed by atoms with van der Waals surface area (Å²) in [6.45, 7) is 1.46. The lowest BCUT2D eigenvalue weighted by Gasteiger charge is -2.06. The molecule has 15 heavy (non-hydrogen) atoms. The molecule has 4 heteroatoms. The van der Waals surface area contributed by atoms with Gasteiger partial charge in [0.25, 0.3) is 0 Å². The van der Waals surface area contributed by atoms with Crippen molar-refractivity contribution in [2.45, 2.75) is 6.92 Å². The van der Waals surface area contributed by atoms with Crippen LogP contribution in [-0.4, -0.2) is 18.2 Å². The van der Waals surface area contributed by atoms with Crippen LogP contribution in [0.5, 0.6) is 11.5 Å². The Kier molecular flexibility index (Phi) is 3.74. The zero-order valence-electron chi connectivity index (χ0n) is 8.56. The first-order chi connectivity index (χ1) is 7.15. The molecule has 0 aliphatic carbocycles. The van der Waals surface area contributed by atoms with Crippen LogP contribution in [0, 0.1) is 0 Å². The first-order valence-corrected chi connectivity index (χ1v) is 4.35. The van der Waals surface area contributed by atoms with E-state index in [-0.39, 0.29) is 5.57 Å². The summed E-state index contributed by atoms with van der Waals surface area (Å²) in [6.07, 6.45) is 1.18. The van der Waals surface area contributed by atoms with Crippen molar-refractivity contribution in [1.29, 1.82) is 0 Å². The number of hydrogen-bond acceptors (Lipinski definition) is 3. The van der Waals surface area contributed by atoms with E-state index in [0.29, 0.717) is 11.5 Å².